The van der Waals surface area contributed by atoms with Crippen molar-refractivity contribution in [1.82, 2.24) is 5.32 Å². The van der Waals surface area contributed by atoms with Gasteiger partial charge in [0.15, 0.2) is 0 Å². The van der Waals surface area contributed by atoms with Crippen LogP contribution in [0.2, 0.25) is 0 Å². The summed E-state index contributed by atoms with van der Waals surface area (Å²) in [6, 6.07) is 7.72. The van der Waals surface area contributed by atoms with E-state index in [0.29, 0.717) is 23.5 Å². The quantitative estimate of drug-likeness (QED) is 0.623. The molecule has 0 fully saturated rings. The van der Waals surface area contributed by atoms with Crippen LogP contribution in [0.4, 0.5) is 0 Å². The molecule has 2 atom stereocenters. The largest absolute Gasteiger partial charge is 0.512 e. The molecule has 25 heavy (non-hydrogen) atoms. The Kier molecular flexibility index (Phi) is 9.36. The number of aromatic hydroxyl groups is 1. The molecule has 0 saturated carbocycles. The number of hydrogen-bond donors (Lipinski definition) is 3. The molecule has 3 N–H and O–H groups in total. The van der Waals surface area contributed by atoms with E-state index >= 15 is 0 Å². The van der Waals surface area contributed by atoms with E-state index in [-0.39, 0.29) is 0 Å². The summed E-state index contributed by atoms with van der Waals surface area (Å²) in [7, 11) is 1.95. The monoisotopic (exact) mass is 345 g/mol. The first-order valence-corrected chi connectivity index (χ1v) is 9.39. The van der Waals surface area contributed by atoms with Crippen LogP contribution in [0.5, 0.6) is 5.75 Å². The maximum absolute atomic E-state index is 9.38. The zero-order valence-electron chi connectivity index (χ0n) is 16.4. The van der Waals surface area contributed by atoms with E-state index in [2.05, 4.69) is 39.1 Å². The predicted molar refractivity (Wildman–Crippen MR) is 107 cm³/mol. The summed E-state index contributed by atoms with van der Waals surface area (Å²) in [6.07, 6.45) is 8.14. The summed E-state index contributed by atoms with van der Waals surface area (Å²) in [6.45, 7) is 8.81. The average Bonchev–Trinajstić information content (AvgIpc) is 2.73. The van der Waals surface area contributed by atoms with Gasteiger partial charge in [0.2, 0.25) is 0 Å². The third-order valence-corrected chi connectivity index (χ3v) is 4.74. The molecule has 3 nitrogen and oxygen atoms in total. The molecule has 0 aromatic heterocycles. The first-order valence-electron chi connectivity index (χ1n) is 9.39. The van der Waals surface area contributed by atoms with Gasteiger partial charge in [-0.2, -0.15) is 0 Å². The fourth-order valence-corrected chi connectivity index (χ4v) is 3.18. The maximum atomic E-state index is 9.38. The summed E-state index contributed by atoms with van der Waals surface area (Å²) in [5.74, 6) is 2.27. The molecule has 140 valence electrons. The molecule has 1 aromatic rings. The lowest BCUT2D eigenvalue weighted by Gasteiger charge is -2.18. The summed E-state index contributed by atoms with van der Waals surface area (Å²) in [4.78, 5) is 0. The van der Waals surface area contributed by atoms with Gasteiger partial charge in [0, 0.05) is 12.5 Å². The molecule has 1 aliphatic rings. The van der Waals surface area contributed by atoms with Crippen molar-refractivity contribution in [2.75, 3.05) is 7.05 Å². The summed E-state index contributed by atoms with van der Waals surface area (Å²) >= 11 is 0. The van der Waals surface area contributed by atoms with Gasteiger partial charge < -0.3 is 15.5 Å². The van der Waals surface area contributed by atoms with Crippen molar-refractivity contribution >= 4 is 0 Å². The van der Waals surface area contributed by atoms with Gasteiger partial charge in [-0.25, -0.2) is 0 Å². The van der Waals surface area contributed by atoms with Crippen LogP contribution in [0.15, 0.2) is 47.7 Å². The second-order valence-corrected chi connectivity index (χ2v) is 7.27. The van der Waals surface area contributed by atoms with Crippen LogP contribution < -0.4 is 5.32 Å². The molecule has 2 unspecified atom stereocenters. The lowest BCUT2D eigenvalue weighted by atomic mass is 9.88. The van der Waals surface area contributed by atoms with Gasteiger partial charge >= 0.3 is 0 Å². The zero-order valence-corrected chi connectivity index (χ0v) is 16.4. The molecule has 0 bridgehead atoms. The van der Waals surface area contributed by atoms with Gasteiger partial charge in [-0.15, -0.1) is 0 Å². The highest BCUT2D eigenvalue weighted by molar-refractivity contribution is 5.27. The van der Waals surface area contributed by atoms with Gasteiger partial charge in [0.1, 0.15) is 5.75 Å². The molecule has 1 aliphatic carbocycles. The van der Waals surface area contributed by atoms with Crippen LogP contribution >= 0.6 is 0 Å². The Morgan fingerprint density at radius 3 is 2.28 bits per heavy atom. The van der Waals surface area contributed by atoms with Crippen molar-refractivity contribution in [3.8, 4) is 5.75 Å². The first-order chi connectivity index (χ1) is 11.9. The van der Waals surface area contributed by atoms with Crippen molar-refractivity contribution in [3.05, 3.63) is 53.3 Å². The highest BCUT2D eigenvalue weighted by Gasteiger charge is 2.15. The Hall–Kier alpha value is -1.74. The highest BCUT2D eigenvalue weighted by atomic mass is 16.3. The molecule has 0 aliphatic heterocycles. The number of benzene rings is 1. The third-order valence-electron chi connectivity index (χ3n) is 4.74. The van der Waals surface area contributed by atoms with Gasteiger partial charge in [0.25, 0.3) is 0 Å². The van der Waals surface area contributed by atoms with E-state index in [1.807, 2.05) is 25.3 Å². The Bertz CT molecular complexity index is 554. The number of aliphatic hydroxyl groups excluding tert-OH is 1. The molecule has 0 amide bonds. The van der Waals surface area contributed by atoms with Crippen molar-refractivity contribution in [3.63, 3.8) is 0 Å². The predicted octanol–water partition coefficient (Wildman–Crippen LogP) is 5.89. The summed E-state index contributed by atoms with van der Waals surface area (Å²) in [5, 5.41) is 21.6. The molecule has 0 radical (unpaired) electrons. The van der Waals surface area contributed by atoms with Crippen LogP contribution in [0.1, 0.15) is 65.0 Å². The second-order valence-electron chi connectivity index (χ2n) is 7.27. The van der Waals surface area contributed by atoms with E-state index < -0.39 is 0 Å². The SMILES string of the molecule is CC1=CC=C(O)CCC1CC(C)C.CCC(NC)c1ccc(O)cc1. The lowest BCUT2D eigenvalue weighted by Crippen LogP contribution is -2.14. The van der Waals surface area contributed by atoms with Crippen molar-refractivity contribution in [1.29, 1.82) is 0 Å². The van der Waals surface area contributed by atoms with E-state index in [0.717, 1.165) is 25.2 Å². The molecule has 2 rings (SSSR count). The van der Waals surface area contributed by atoms with E-state index in [1.165, 1.54) is 17.6 Å². The fraction of sp³-hybridized carbons (Fsp3) is 0.545. The van der Waals surface area contributed by atoms with E-state index in [1.54, 1.807) is 12.1 Å². The van der Waals surface area contributed by atoms with Gasteiger partial charge in [-0.3, -0.25) is 0 Å². The van der Waals surface area contributed by atoms with E-state index in [4.69, 9.17) is 5.11 Å². The number of nitrogens with one attached hydrogen (secondary N) is 1. The van der Waals surface area contributed by atoms with Crippen LogP contribution in [-0.2, 0) is 0 Å². The topological polar surface area (TPSA) is 52.5 Å². The first kappa shape index (κ1) is 21.3. The minimum absolute atomic E-state index is 0.324. The normalized spacial score (nSPS) is 18.6. The Labute approximate surface area is 153 Å². The maximum Gasteiger partial charge on any atom is 0.115 e. The molecular weight excluding hydrogens is 310 g/mol. The summed E-state index contributed by atoms with van der Waals surface area (Å²) in [5.41, 5.74) is 2.63. The minimum Gasteiger partial charge on any atom is -0.512 e. The Balaban J connectivity index is 0.000000251. The molecule has 0 saturated heterocycles. The smallest absolute Gasteiger partial charge is 0.115 e. The number of hydrogen-bond acceptors (Lipinski definition) is 3. The zero-order chi connectivity index (χ0) is 18.8. The summed E-state index contributed by atoms with van der Waals surface area (Å²) < 4.78 is 0. The minimum atomic E-state index is 0.324. The highest BCUT2D eigenvalue weighted by Crippen LogP contribution is 2.28. The number of phenolic OH excluding ortho intramolecular Hbond substituents is 1. The molecule has 1 aromatic carbocycles. The van der Waals surface area contributed by atoms with Crippen LogP contribution in [0, 0.1) is 11.8 Å². The third kappa shape index (κ3) is 7.78. The molecule has 0 heterocycles. The van der Waals surface area contributed by atoms with Crippen molar-refractivity contribution in [2.24, 2.45) is 11.8 Å². The molecule has 0 spiro atoms. The van der Waals surface area contributed by atoms with Crippen LogP contribution in [0.25, 0.3) is 0 Å². The van der Waals surface area contributed by atoms with Gasteiger partial charge in [0.05, 0.1) is 5.76 Å². The van der Waals surface area contributed by atoms with Crippen LogP contribution in [-0.4, -0.2) is 17.3 Å². The molecule has 3 heteroatoms. The molecular formula is C22H35NO2. The lowest BCUT2D eigenvalue weighted by molar-refractivity contribution is 0.360. The number of rotatable bonds is 5. The average molecular weight is 346 g/mol. The number of phenols is 1. The number of allylic oxidation sites excluding steroid dienone is 4. The van der Waals surface area contributed by atoms with Gasteiger partial charge in [-0.1, -0.05) is 44.6 Å². The van der Waals surface area contributed by atoms with Crippen LogP contribution in [0.3, 0.4) is 0 Å². The number of aliphatic hydroxyl groups is 1. The second kappa shape index (κ2) is 11.0. The van der Waals surface area contributed by atoms with Crippen molar-refractivity contribution < 1.29 is 10.2 Å². The Morgan fingerprint density at radius 1 is 1.12 bits per heavy atom. The Morgan fingerprint density at radius 2 is 1.76 bits per heavy atom. The standard InChI is InChI=1S/C12H20O.C10H15NO/c1-9(2)8-11-5-7-12(13)6-4-10(11)3;1-3-10(11-2)8-4-6-9(12)7-5-8/h4,6,9,11,13H,5,7-8H2,1-3H3;4-7,10-12H,3H2,1-2H3. The van der Waals surface area contributed by atoms with Gasteiger partial charge in [-0.05, 0) is 68.8 Å². The van der Waals surface area contributed by atoms with E-state index in [9.17, 15) is 5.11 Å². The fourth-order valence-electron chi connectivity index (χ4n) is 3.18. The van der Waals surface area contributed by atoms with Crippen molar-refractivity contribution in [2.45, 2.75) is 59.4 Å².